The molecule has 0 bridgehead atoms. The van der Waals surface area contributed by atoms with Crippen molar-refractivity contribution in [1.82, 2.24) is 4.57 Å². The largest absolute Gasteiger partial charge is 0.256 e. The van der Waals surface area contributed by atoms with Gasteiger partial charge in [0.1, 0.15) is 12.4 Å². The van der Waals surface area contributed by atoms with Gasteiger partial charge < -0.3 is 0 Å². The van der Waals surface area contributed by atoms with Crippen LogP contribution in [0.25, 0.3) is 0 Å². The Balaban J connectivity index is 2.23. The smallest absolute Gasteiger partial charge is 0.234 e. The number of imidazole rings is 1. The Morgan fingerprint density at radius 2 is 1.07 bits per heavy atom. The molecule has 0 radical (unpaired) electrons. The third-order valence-electron chi connectivity index (χ3n) is 6.31. The number of nitrogens with zero attached hydrogens (tertiary/aromatic N) is 2. The molecule has 2 nitrogen and oxygen atoms in total. The Morgan fingerprint density at radius 3 is 1.59 bits per heavy atom. The van der Waals surface area contributed by atoms with Crippen LogP contribution in [0.15, 0.2) is 12.4 Å². The van der Waals surface area contributed by atoms with E-state index in [2.05, 4.69) is 42.3 Å². The van der Waals surface area contributed by atoms with E-state index < -0.39 is 0 Å². The Morgan fingerprint density at radius 1 is 0.586 bits per heavy atom. The third-order valence-corrected chi connectivity index (χ3v) is 6.31. The molecule has 0 fully saturated rings. The first-order chi connectivity index (χ1) is 14.3. The molecule has 2 heteroatoms. The zero-order valence-electron chi connectivity index (χ0n) is 20.4. The highest BCUT2D eigenvalue weighted by atomic mass is 15.1. The minimum absolute atomic E-state index is 1.18. The lowest BCUT2D eigenvalue weighted by Crippen LogP contribution is -2.37. The van der Waals surface area contributed by atoms with Crippen molar-refractivity contribution < 1.29 is 4.57 Å². The summed E-state index contributed by atoms with van der Waals surface area (Å²) in [6.45, 7) is 9.30. The summed E-state index contributed by atoms with van der Waals surface area (Å²) in [4.78, 5) is 0. The normalized spacial score (nSPS) is 11.4. The topological polar surface area (TPSA) is 8.81 Å². The minimum Gasteiger partial charge on any atom is -0.234 e. The van der Waals surface area contributed by atoms with Gasteiger partial charge in [0, 0.05) is 6.42 Å². The maximum absolute atomic E-state index is 2.57. The fourth-order valence-corrected chi connectivity index (χ4v) is 4.44. The Kier molecular flexibility index (Phi) is 17.4. The highest BCUT2D eigenvalue weighted by Crippen LogP contribution is 2.12. The van der Waals surface area contributed by atoms with Crippen molar-refractivity contribution in [3.05, 3.63) is 18.2 Å². The summed E-state index contributed by atoms with van der Waals surface area (Å²) in [5, 5.41) is 0. The van der Waals surface area contributed by atoms with Crippen molar-refractivity contribution in [3.8, 4) is 0 Å². The molecule has 0 amide bonds. The zero-order valence-corrected chi connectivity index (χ0v) is 20.4. The van der Waals surface area contributed by atoms with Gasteiger partial charge in [0.2, 0.25) is 0 Å². The lowest BCUT2D eigenvalue weighted by atomic mass is 10.1. The molecule has 1 aromatic heterocycles. The van der Waals surface area contributed by atoms with E-state index in [-0.39, 0.29) is 0 Å². The summed E-state index contributed by atoms with van der Waals surface area (Å²) in [6, 6.07) is 0. The molecule has 0 saturated carbocycles. The van der Waals surface area contributed by atoms with Crippen LogP contribution in [0.4, 0.5) is 0 Å². The number of aryl methyl sites for hydroxylation is 2. The van der Waals surface area contributed by atoms with Crippen LogP contribution in [0.5, 0.6) is 0 Å². The van der Waals surface area contributed by atoms with E-state index in [4.69, 9.17) is 0 Å². The molecular weight excluding hydrogens is 352 g/mol. The molecule has 170 valence electrons. The van der Waals surface area contributed by atoms with Crippen LogP contribution in [0.2, 0.25) is 0 Å². The number of hydrogen-bond acceptors (Lipinski definition) is 0. The molecule has 0 aliphatic carbocycles. The van der Waals surface area contributed by atoms with Crippen molar-refractivity contribution in [2.75, 3.05) is 0 Å². The van der Waals surface area contributed by atoms with Gasteiger partial charge in [0.15, 0.2) is 0 Å². The molecule has 0 unspecified atom stereocenters. The van der Waals surface area contributed by atoms with Gasteiger partial charge in [-0.3, -0.25) is 0 Å². The summed E-state index contributed by atoms with van der Waals surface area (Å²) in [7, 11) is 0. The van der Waals surface area contributed by atoms with Crippen LogP contribution in [-0.2, 0) is 19.5 Å². The molecule has 1 aromatic rings. The average molecular weight is 406 g/mol. The monoisotopic (exact) mass is 405 g/mol. The van der Waals surface area contributed by atoms with Crippen LogP contribution in [-0.4, -0.2) is 4.57 Å². The van der Waals surface area contributed by atoms with Crippen LogP contribution >= 0.6 is 0 Å². The van der Waals surface area contributed by atoms with Gasteiger partial charge >= 0.3 is 0 Å². The summed E-state index contributed by atoms with van der Waals surface area (Å²) in [6.07, 6.45) is 31.2. The Bertz CT molecular complexity index is 463. The molecule has 0 aliphatic heterocycles. The average Bonchev–Trinajstić information content (AvgIpc) is 3.10. The Labute approximate surface area is 183 Å². The fourth-order valence-electron chi connectivity index (χ4n) is 4.44. The second-order valence-electron chi connectivity index (χ2n) is 9.15. The summed E-state index contributed by atoms with van der Waals surface area (Å²) in [5.41, 5.74) is 0. The molecule has 1 rings (SSSR count). The number of hydrogen-bond donors (Lipinski definition) is 0. The van der Waals surface area contributed by atoms with E-state index >= 15 is 0 Å². The van der Waals surface area contributed by atoms with Crippen LogP contribution in [0.3, 0.4) is 0 Å². The second kappa shape index (κ2) is 19.2. The lowest BCUT2D eigenvalue weighted by Gasteiger charge is -2.06. The van der Waals surface area contributed by atoms with Crippen LogP contribution < -0.4 is 4.57 Å². The molecule has 0 aromatic carbocycles. The number of aromatic nitrogens is 2. The van der Waals surface area contributed by atoms with Gasteiger partial charge in [-0.25, -0.2) is 9.13 Å². The standard InChI is InChI=1S/C27H53N2/c1-4-7-9-11-13-15-16-18-20-22-27-28(23-6-3)25-26-29(27)24-21-19-17-14-12-10-8-5-2/h25-26H,4-24H2,1-3H3/q+1. The summed E-state index contributed by atoms with van der Waals surface area (Å²) >= 11 is 0. The number of rotatable bonds is 21. The molecule has 1 heterocycles. The molecule has 0 spiro atoms. The molecule has 0 saturated heterocycles. The van der Waals surface area contributed by atoms with Gasteiger partial charge in [-0.2, -0.15) is 0 Å². The maximum Gasteiger partial charge on any atom is 0.256 e. The predicted octanol–water partition coefficient (Wildman–Crippen LogP) is 8.40. The Hall–Kier alpha value is -0.790. The van der Waals surface area contributed by atoms with Crippen LogP contribution in [0.1, 0.15) is 142 Å². The predicted molar refractivity (Wildman–Crippen MR) is 128 cm³/mol. The van der Waals surface area contributed by atoms with Gasteiger partial charge in [-0.15, -0.1) is 0 Å². The maximum atomic E-state index is 2.57. The minimum atomic E-state index is 1.18. The SMILES string of the molecule is CCCCCCCCCCCc1n(CCC)cc[n+]1CCCCCCCCCC. The fraction of sp³-hybridized carbons (Fsp3) is 0.889. The zero-order chi connectivity index (χ0) is 21.0. The number of unbranched alkanes of at least 4 members (excludes halogenated alkanes) is 15. The van der Waals surface area contributed by atoms with Crippen molar-refractivity contribution in [2.24, 2.45) is 0 Å². The molecule has 29 heavy (non-hydrogen) atoms. The quantitative estimate of drug-likeness (QED) is 0.143. The van der Waals surface area contributed by atoms with Gasteiger partial charge in [0.25, 0.3) is 5.82 Å². The molecular formula is C27H53N2+. The van der Waals surface area contributed by atoms with E-state index in [0.717, 1.165) is 0 Å². The van der Waals surface area contributed by atoms with Crippen LogP contribution in [0, 0.1) is 0 Å². The molecule has 0 N–H and O–H groups in total. The van der Waals surface area contributed by atoms with Crippen molar-refractivity contribution in [3.63, 3.8) is 0 Å². The van der Waals surface area contributed by atoms with E-state index in [1.807, 2.05) is 0 Å². The van der Waals surface area contributed by atoms with Gasteiger partial charge in [-0.1, -0.05) is 111 Å². The second-order valence-corrected chi connectivity index (χ2v) is 9.15. The van der Waals surface area contributed by atoms with Crippen molar-refractivity contribution in [1.29, 1.82) is 0 Å². The molecule has 0 aliphatic rings. The molecule has 0 atom stereocenters. The first kappa shape index (κ1) is 26.2. The van der Waals surface area contributed by atoms with E-state index in [0.29, 0.717) is 0 Å². The highest BCUT2D eigenvalue weighted by molar-refractivity contribution is 4.84. The van der Waals surface area contributed by atoms with Crippen molar-refractivity contribution >= 4 is 0 Å². The van der Waals surface area contributed by atoms with Gasteiger partial charge in [-0.05, 0) is 25.7 Å². The van der Waals surface area contributed by atoms with E-state index in [1.54, 1.807) is 5.82 Å². The van der Waals surface area contributed by atoms with Crippen molar-refractivity contribution in [2.45, 2.75) is 156 Å². The lowest BCUT2D eigenvalue weighted by molar-refractivity contribution is -0.704. The first-order valence-electron chi connectivity index (χ1n) is 13.4. The van der Waals surface area contributed by atoms with E-state index in [9.17, 15) is 0 Å². The van der Waals surface area contributed by atoms with E-state index in [1.165, 1.54) is 135 Å². The first-order valence-corrected chi connectivity index (χ1v) is 13.4. The summed E-state index contributed by atoms with van der Waals surface area (Å²) in [5.74, 6) is 1.58. The summed E-state index contributed by atoms with van der Waals surface area (Å²) < 4.78 is 5.09. The van der Waals surface area contributed by atoms with Gasteiger partial charge in [0.05, 0.1) is 13.1 Å². The highest BCUT2D eigenvalue weighted by Gasteiger charge is 2.15. The third kappa shape index (κ3) is 13.2.